The molecule has 0 bridgehead atoms. The second-order valence-electron chi connectivity index (χ2n) is 6.90. The average Bonchev–Trinajstić information content (AvgIpc) is 3.34. The zero-order chi connectivity index (χ0) is 19.5. The van der Waals surface area contributed by atoms with Crippen molar-refractivity contribution in [3.63, 3.8) is 0 Å². The van der Waals surface area contributed by atoms with Gasteiger partial charge in [-0.05, 0) is 24.8 Å². The Bertz CT molecular complexity index is 1030. The fraction of sp³-hybridized carbons (Fsp3) is 0.400. The van der Waals surface area contributed by atoms with E-state index in [2.05, 4.69) is 15.0 Å². The van der Waals surface area contributed by atoms with E-state index >= 15 is 0 Å². The van der Waals surface area contributed by atoms with E-state index in [1.54, 1.807) is 7.11 Å². The fourth-order valence-corrected chi connectivity index (χ4v) is 4.64. The van der Waals surface area contributed by atoms with E-state index in [1.165, 1.54) is 16.9 Å². The van der Waals surface area contributed by atoms with Crippen LogP contribution >= 0.6 is 11.3 Å². The molecule has 1 fully saturated rings. The first-order valence-corrected chi connectivity index (χ1v) is 10.2. The Morgan fingerprint density at radius 2 is 2.14 bits per heavy atom. The Kier molecular flexibility index (Phi) is 5.50. The molecule has 1 aliphatic rings. The molecule has 28 heavy (non-hydrogen) atoms. The van der Waals surface area contributed by atoms with Crippen LogP contribution in [0.5, 0.6) is 0 Å². The first kappa shape index (κ1) is 18.8. The predicted molar refractivity (Wildman–Crippen MR) is 109 cm³/mol. The van der Waals surface area contributed by atoms with Gasteiger partial charge >= 0.3 is 0 Å². The number of Topliss-reactive ketones (excluding diaryl/α,β-unsaturated/α-hetero) is 1. The van der Waals surface area contributed by atoms with Gasteiger partial charge in [-0.3, -0.25) is 9.59 Å². The summed E-state index contributed by atoms with van der Waals surface area (Å²) in [7, 11) is 1.55. The molecule has 4 rings (SSSR count). The van der Waals surface area contributed by atoms with Gasteiger partial charge in [0, 0.05) is 20.1 Å². The lowest BCUT2D eigenvalue weighted by molar-refractivity contribution is -0.120. The summed E-state index contributed by atoms with van der Waals surface area (Å²) >= 11 is 1.36. The largest absolute Gasteiger partial charge is 0.377 e. The SMILES string of the molecule is COCc1nc2sc(N3CCC[C@@H]3C(=O)CCc3ccccc3)nc2c(=O)[nH]1. The Hall–Kier alpha value is -2.58. The summed E-state index contributed by atoms with van der Waals surface area (Å²) in [5, 5.41) is 0.693. The number of ether oxygens (including phenoxy) is 1. The van der Waals surface area contributed by atoms with Crippen molar-refractivity contribution in [1.29, 1.82) is 0 Å². The highest BCUT2D eigenvalue weighted by atomic mass is 32.1. The van der Waals surface area contributed by atoms with E-state index in [0.29, 0.717) is 27.7 Å². The van der Waals surface area contributed by atoms with Crippen molar-refractivity contribution in [2.45, 2.75) is 38.3 Å². The van der Waals surface area contributed by atoms with Crippen LogP contribution in [0, 0.1) is 0 Å². The molecule has 0 radical (unpaired) electrons. The second-order valence-corrected chi connectivity index (χ2v) is 7.86. The molecule has 3 heterocycles. The number of ketones is 1. The van der Waals surface area contributed by atoms with Gasteiger partial charge in [0.2, 0.25) is 0 Å². The molecule has 0 unspecified atom stereocenters. The van der Waals surface area contributed by atoms with Crippen LogP contribution in [0.2, 0.25) is 0 Å². The molecule has 146 valence electrons. The van der Waals surface area contributed by atoms with E-state index in [4.69, 9.17) is 4.74 Å². The topological polar surface area (TPSA) is 88.2 Å². The van der Waals surface area contributed by atoms with Crippen molar-refractivity contribution in [1.82, 2.24) is 15.0 Å². The highest BCUT2D eigenvalue weighted by Gasteiger charge is 2.32. The van der Waals surface area contributed by atoms with E-state index in [-0.39, 0.29) is 24.0 Å². The monoisotopic (exact) mass is 398 g/mol. The summed E-state index contributed by atoms with van der Waals surface area (Å²) in [6.45, 7) is 1.01. The van der Waals surface area contributed by atoms with Gasteiger partial charge < -0.3 is 14.6 Å². The van der Waals surface area contributed by atoms with Crippen molar-refractivity contribution < 1.29 is 9.53 Å². The standard InChI is InChI=1S/C20H22N4O3S/c1-27-12-16-21-18(26)17-19(22-16)28-20(23-17)24-11-5-8-14(24)15(25)10-9-13-6-3-2-4-7-13/h2-4,6-7,14H,5,8-12H2,1H3,(H,21,22,26)/t14-/m1/s1. The molecule has 1 aliphatic heterocycles. The summed E-state index contributed by atoms with van der Waals surface area (Å²) in [4.78, 5) is 39.4. The summed E-state index contributed by atoms with van der Waals surface area (Å²) < 4.78 is 5.05. The highest BCUT2D eigenvalue weighted by Crippen LogP contribution is 2.32. The summed E-state index contributed by atoms with van der Waals surface area (Å²) in [5.41, 5.74) is 1.22. The minimum Gasteiger partial charge on any atom is -0.377 e. The van der Waals surface area contributed by atoms with Crippen LogP contribution in [0.15, 0.2) is 35.1 Å². The minimum absolute atomic E-state index is 0.179. The zero-order valence-corrected chi connectivity index (χ0v) is 16.5. The number of rotatable bonds is 7. The average molecular weight is 398 g/mol. The van der Waals surface area contributed by atoms with E-state index in [9.17, 15) is 9.59 Å². The summed E-state index contributed by atoms with van der Waals surface area (Å²) in [5.74, 6) is 0.703. The molecule has 1 aromatic carbocycles. The van der Waals surface area contributed by atoms with Gasteiger partial charge in [-0.25, -0.2) is 9.97 Å². The first-order valence-electron chi connectivity index (χ1n) is 9.37. The van der Waals surface area contributed by atoms with Crippen molar-refractivity contribution in [2.24, 2.45) is 0 Å². The molecule has 1 N–H and O–H groups in total. The number of nitrogens with one attached hydrogen (secondary N) is 1. The van der Waals surface area contributed by atoms with Crippen LogP contribution < -0.4 is 10.5 Å². The maximum Gasteiger partial charge on any atom is 0.278 e. The Balaban J connectivity index is 1.53. The molecule has 2 aromatic heterocycles. The van der Waals surface area contributed by atoms with Crippen molar-refractivity contribution in [2.75, 3.05) is 18.6 Å². The molecular weight excluding hydrogens is 376 g/mol. The van der Waals surface area contributed by atoms with Crippen molar-refractivity contribution >= 4 is 32.6 Å². The normalized spacial score (nSPS) is 16.8. The number of nitrogens with zero attached hydrogens (tertiary/aromatic N) is 3. The first-order chi connectivity index (χ1) is 13.7. The van der Waals surface area contributed by atoms with Gasteiger partial charge in [0.25, 0.3) is 5.56 Å². The molecule has 7 nitrogen and oxygen atoms in total. The molecular formula is C20H22N4O3S. The van der Waals surface area contributed by atoms with Crippen LogP contribution in [0.4, 0.5) is 5.13 Å². The van der Waals surface area contributed by atoms with Crippen LogP contribution in [0.25, 0.3) is 10.3 Å². The molecule has 0 aliphatic carbocycles. The van der Waals surface area contributed by atoms with Gasteiger partial charge in [-0.1, -0.05) is 41.7 Å². The Labute approximate surface area is 166 Å². The van der Waals surface area contributed by atoms with Gasteiger partial charge in [0.05, 0.1) is 6.04 Å². The number of carbonyl (C=O) groups is 1. The molecule has 1 saturated heterocycles. The number of H-pyrrole nitrogens is 1. The number of aromatic nitrogens is 3. The summed E-state index contributed by atoms with van der Waals surface area (Å²) in [6.07, 6.45) is 3.01. The fourth-order valence-electron chi connectivity index (χ4n) is 3.60. The van der Waals surface area contributed by atoms with E-state index in [0.717, 1.165) is 25.8 Å². The number of anilines is 1. The number of benzene rings is 1. The lowest BCUT2D eigenvalue weighted by Gasteiger charge is -2.22. The zero-order valence-electron chi connectivity index (χ0n) is 15.7. The number of hydrogen-bond acceptors (Lipinski definition) is 7. The van der Waals surface area contributed by atoms with E-state index < -0.39 is 0 Å². The molecule has 1 atom stereocenters. The number of thiazole rings is 1. The van der Waals surface area contributed by atoms with Crippen LogP contribution in [-0.2, 0) is 22.6 Å². The van der Waals surface area contributed by atoms with Gasteiger partial charge in [-0.15, -0.1) is 0 Å². The molecule has 0 spiro atoms. The Morgan fingerprint density at radius 3 is 2.93 bits per heavy atom. The number of aromatic amines is 1. The maximum atomic E-state index is 12.9. The van der Waals surface area contributed by atoms with Crippen LogP contribution in [0.3, 0.4) is 0 Å². The lowest BCUT2D eigenvalue weighted by Crippen LogP contribution is -2.36. The predicted octanol–water partition coefficient (Wildman–Crippen LogP) is 2.70. The number of hydrogen-bond donors (Lipinski definition) is 1. The number of methoxy groups -OCH3 is 1. The number of carbonyl (C=O) groups excluding carboxylic acids is 1. The van der Waals surface area contributed by atoms with E-state index in [1.807, 2.05) is 35.2 Å². The lowest BCUT2D eigenvalue weighted by atomic mass is 10.0. The van der Waals surface area contributed by atoms with Crippen LogP contribution in [-0.4, -0.2) is 40.4 Å². The molecule has 3 aromatic rings. The third-order valence-corrected chi connectivity index (χ3v) is 5.95. The third-order valence-electron chi connectivity index (χ3n) is 4.96. The summed E-state index contributed by atoms with van der Waals surface area (Å²) in [6, 6.07) is 9.87. The smallest absolute Gasteiger partial charge is 0.278 e. The quantitative estimate of drug-likeness (QED) is 0.658. The second kappa shape index (κ2) is 8.20. The highest BCUT2D eigenvalue weighted by molar-refractivity contribution is 7.21. The Morgan fingerprint density at radius 1 is 1.32 bits per heavy atom. The maximum absolute atomic E-state index is 12.9. The van der Waals surface area contributed by atoms with Gasteiger partial charge in [0.1, 0.15) is 12.4 Å². The third kappa shape index (κ3) is 3.83. The molecule has 8 heteroatoms. The van der Waals surface area contributed by atoms with Gasteiger partial charge in [-0.2, -0.15) is 0 Å². The van der Waals surface area contributed by atoms with Gasteiger partial charge in [0.15, 0.2) is 21.3 Å². The number of aryl methyl sites for hydroxylation is 1. The molecule has 0 amide bonds. The minimum atomic E-state index is -0.272. The number of fused-ring (bicyclic) bond motifs is 1. The molecule has 0 saturated carbocycles. The van der Waals surface area contributed by atoms with Crippen molar-refractivity contribution in [3.8, 4) is 0 Å². The van der Waals surface area contributed by atoms with Crippen LogP contribution in [0.1, 0.15) is 30.7 Å². The van der Waals surface area contributed by atoms with Crippen molar-refractivity contribution in [3.05, 3.63) is 52.1 Å².